The van der Waals surface area contributed by atoms with Crippen LogP contribution < -0.4 is 5.56 Å². The number of aromatic nitrogens is 3. The monoisotopic (exact) mass is 489 g/mol. The molecule has 3 aromatic rings. The van der Waals surface area contributed by atoms with Gasteiger partial charge in [-0.15, -0.1) is 0 Å². The van der Waals surface area contributed by atoms with Crippen LogP contribution in [0.3, 0.4) is 0 Å². The summed E-state index contributed by atoms with van der Waals surface area (Å²) in [5, 5.41) is 1.40. The molecule has 2 aromatic heterocycles. The van der Waals surface area contributed by atoms with Crippen molar-refractivity contribution in [2.75, 3.05) is 12.4 Å². The number of thioether (sulfide) groups is 1. The van der Waals surface area contributed by atoms with E-state index in [0.29, 0.717) is 63.2 Å². The van der Waals surface area contributed by atoms with Crippen molar-refractivity contribution < 1.29 is 14.3 Å². The second-order valence-electron chi connectivity index (χ2n) is 8.18. The second-order valence-corrected chi connectivity index (χ2v) is 9.56. The maximum absolute atomic E-state index is 13.2. The molecular formula is C24H28ClN3O4S. The van der Waals surface area contributed by atoms with Crippen LogP contribution in [0.1, 0.15) is 59.3 Å². The first-order valence-electron chi connectivity index (χ1n) is 10.8. The molecule has 0 saturated carbocycles. The zero-order valence-corrected chi connectivity index (χ0v) is 21.0. The molecule has 176 valence electrons. The maximum atomic E-state index is 13.2. The summed E-state index contributed by atoms with van der Waals surface area (Å²) in [4.78, 5) is 45.7. The van der Waals surface area contributed by atoms with E-state index in [-0.39, 0.29) is 29.0 Å². The Balaban J connectivity index is 1.90. The van der Waals surface area contributed by atoms with Gasteiger partial charge in [-0.3, -0.25) is 19.0 Å². The number of ether oxygens (including phenoxy) is 1. The molecule has 0 fully saturated rings. The second kappa shape index (κ2) is 10.7. The van der Waals surface area contributed by atoms with Crippen LogP contribution in [0.25, 0.3) is 10.9 Å². The number of carbonyl (C=O) groups excluding carboxylic acids is 2. The molecule has 0 spiro atoms. The Morgan fingerprint density at radius 3 is 2.64 bits per heavy atom. The number of Topliss-reactive ketones (excluding diaryl/α,β-unsaturated/α-hetero) is 2. The number of benzene rings is 1. The number of fused-ring (bicyclic) bond motifs is 1. The number of ketones is 2. The Morgan fingerprint density at radius 1 is 1.27 bits per heavy atom. The predicted octanol–water partition coefficient (Wildman–Crippen LogP) is 4.99. The van der Waals surface area contributed by atoms with Crippen molar-refractivity contribution in [2.45, 2.75) is 58.8 Å². The molecule has 1 N–H and O–H groups in total. The van der Waals surface area contributed by atoms with Gasteiger partial charge in [0, 0.05) is 29.4 Å². The van der Waals surface area contributed by atoms with Crippen molar-refractivity contribution in [3.63, 3.8) is 0 Å². The molecule has 1 aromatic carbocycles. The van der Waals surface area contributed by atoms with Gasteiger partial charge in [-0.25, -0.2) is 4.98 Å². The minimum Gasteiger partial charge on any atom is -0.379 e. The minimum absolute atomic E-state index is 0.0686. The van der Waals surface area contributed by atoms with Gasteiger partial charge in [0.15, 0.2) is 16.7 Å². The minimum atomic E-state index is -0.179. The summed E-state index contributed by atoms with van der Waals surface area (Å²) in [5.74, 6) is -0.180. The van der Waals surface area contributed by atoms with Crippen LogP contribution in [-0.4, -0.2) is 44.6 Å². The van der Waals surface area contributed by atoms with Crippen molar-refractivity contribution in [3.8, 4) is 0 Å². The van der Waals surface area contributed by atoms with E-state index in [4.69, 9.17) is 16.3 Å². The lowest BCUT2D eigenvalue weighted by Gasteiger charge is -2.14. The van der Waals surface area contributed by atoms with Crippen LogP contribution in [0.5, 0.6) is 0 Å². The molecular weight excluding hydrogens is 462 g/mol. The largest absolute Gasteiger partial charge is 0.379 e. The molecule has 7 nitrogen and oxygen atoms in total. The molecule has 0 atom stereocenters. The third kappa shape index (κ3) is 5.75. The normalized spacial score (nSPS) is 11.5. The Morgan fingerprint density at radius 2 is 2.00 bits per heavy atom. The zero-order valence-electron chi connectivity index (χ0n) is 19.5. The van der Waals surface area contributed by atoms with E-state index in [1.807, 2.05) is 13.8 Å². The summed E-state index contributed by atoms with van der Waals surface area (Å²) in [6, 6.07) is 4.98. The van der Waals surface area contributed by atoms with Crippen LogP contribution in [0, 0.1) is 13.8 Å². The van der Waals surface area contributed by atoms with Crippen molar-refractivity contribution >= 4 is 45.8 Å². The van der Waals surface area contributed by atoms with E-state index in [1.54, 1.807) is 36.6 Å². The number of hydrogen-bond acceptors (Lipinski definition) is 6. The number of carbonyl (C=O) groups is 2. The molecule has 0 aliphatic carbocycles. The first-order chi connectivity index (χ1) is 15.6. The molecule has 9 heteroatoms. The van der Waals surface area contributed by atoms with Gasteiger partial charge in [-0.05, 0) is 64.8 Å². The molecule has 0 radical (unpaired) electrons. The average Bonchev–Trinajstić information content (AvgIpc) is 3.04. The Labute approximate surface area is 201 Å². The van der Waals surface area contributed by atoms with E-state index in [2.05, 4.69) is 9.97 Å². The molecule has 0 saturated heterocycles. The number of halogens is 1. The summed E-state index contributed by atoms with van der Waals surface area (Å²) in [7, 11) is 0. The lowest BCUT2D eigenvalue weighted by atomic mass is 10.1. The Hall–Kier alpha value is -2.42. The summed E-state index contributed by atoms with van der Waals surface area (Å²) < 4.78 is 7.19. The molecule has 0 unspecified atom stereocenters. The van der Waals surface area contributed by atoms with E-state index < -0.39 is 0 Å². The molecule has 0 amide bonds. The number of hydrogen-bond donors (Lipinski definition) is 1. The van der Waals surface area contributed by atoms with Crippen LogP contribution in [0.2, 0.25) is 5.02 Å². The summed E-state index contributed by atoms with van der Waals surface area (Å²) >= 11 is 7.30. The van der Waals surface area contributed by atoms with Crippen molar-refractivity contribution in [3.05, 3.63) is 56.1 Å². The third-order valence-corrected chi connectivity index (χ3v) is 6.47. The molecule has 3 rings (SSSR count). The summed E-state index contributed by atoms with van der Waals surface area (Å²) in [6.07, 6.45) is 0.745. The number of nitrogens with zero attached hydrogens (tertiary/aromatic N) is 2. The van der Waals surface area contributed by atoms with Gasteiger partial charge in [0.2, 0.25) is 0 Å². The number of nitrogens with one attached hydrogen (secondary N) is 1. The van der Waals surface area contributed by atoms with Gasteiger partial charge in [-0.2, -0.15) is 0 Å². The highest BCUT2D eigenvalue weighted by molar-refractivity contribution is 7.99. The first kappa shape index (κ1) is 25.2. The maximum Gasteiger partial charge on any atom is 0.262 e. The lowest BCUT2D eigenvalue weighted by molar-refractivity contribution is 0.0743. The molecule has 2 heterocycles. The standard InChI is InChI=1S/C24H28ClN3O4S/c1-13(2)32-10-6-9-28-23(31)18-8-7-17(25)11-19(18)27-24(28)33-12-20(30)22-14(3)21(16(5)29)15(4)26-22/h7-8,11,13,26H,6,9-10,12H2,1-5H3. The van der Waals surface area contributed by atoms with E-state index in [1.165, 1.54) is 18.7 Å². The average molecular weight is 490 g/mol. The van der Waals surface area contributed by atoms with Crippen molar-refractivity contribution in [1.82, 2.24) is 14.5 Å². The van der Waals surface area contributed by atoms with Crippen LogP contribution in [0.15, 0.2) is 28.2 Å². The highest BCUT2D eigenvalue weighted by Crippen LogP contribution is 2.24. The molecule has 0 aliphatic heterocycles. The van der Waals surface area contributed by atoms with Crippen molar-refractivity contribution in [1.29, 1.82) is 0 Å². The number of aryl methyl sites for hydroxylation is 1. The van der Waals surface area contributed by atoms with Crippen LogP contribution >= 0.6 is 23.4 Å². The highest BCUT2D eigenvalue weighted by Gasteiger charge is 2.21. The van der Waals surface area contributed by atoms with Crippen molar-refractivity contribution in [2.24, 2.45) is 0 Å². The van der Waals surface area contributed by atoms with Crippen LogP contribution in [-0.2, 0) is 11.3 Å². The summed E-state index contributed by atoms with van der Waals surface area (Å²) in [5.41, 5.74) is 2.59. The Kier molecular flexibility index (Phi) is 8.15. The number of rotatable bonds is 10. The molecule has 33 heavy (non-hydrogen) atoms. The smallest absolute Gasteiger partial charge is 0.262 e. The topological polar surface area (TPSA) is 94.0 Å². The van der Waals surface area contributed by atoms with Gasteiger partial charge >= 0.3 is 0 Å². The SMILES string of the molecule is CC(=O)c1c(C)[nH]c(C(=O)CSc2nc3cc(Cl)ccc3c(=O)n2CCCOC(C)C)c1C. The predicted molar refractivity (Wildman–Crippen MR) is 132 cm³/mol. The lowest BCUT2D eigenvalue weighted by Crippen LogP contribution is -2.24. The molecule has 0 bridgehead atoms. The van der Waals surface area contributed by atoms with Gasteiger partial charge in [0.05, 0.1) is 28.5 Å². The highest BCUT2D eigenvalue weighted by atomic mass is 35.5. The zero-order chi connectivity index (χ0) is 24.3. The fraction of sp³-hybridized carbons (Fsp3) is 0.417. The van der Waals surface area contributed by atoms with E-state index in [0.717, 1.165) is 0 Å². The van der Waals surface area contributed by atoms with E-state index >= 15 is 0 Å². The molecule has 0 aliphatic rings. The quantitative estimate of drug-likeness (QED) is 0.187. The van der Waals surface area contributed by atoms with Crippen LogP contribution in [0.4, 0.5) is 0 Å². The fourth-order valence-corrected chi connectivity index (χ4v) is 4.85. The van der Waals surface area contributed by atoms with E-state index in [9.17, 15) is 14.4 Å². The van der Waals surface area contributed by atoms with Gasteiger partial charge in [-0.1, -0.05) is 23.4 Å². The number of H-pyrrole nitrogens is 1. The van der Waals surface area contributed by atoms with Gasteiger partial charge < -0.3 is 9.72 Å². The third-order valence-electron chi connectivity index (χ3n) is 5.26. The first-order valence-corrected chi connectivity index (χ1v) is 12.1. The van der Waals surface area contributed by atoms with Gasteiger partial charge in [0.25, 0.3) is 5.56 Å². The fourth-order valence-electron chi connectivity index (χ4n) is 3.78. The van der Waals surface area contributed by atoms with Gasteiger partial charge in [0.1, 0.15) is 0 Å². The number of aromatic amines is 1. The Bertz CT molecular complexity index is 1260. The summed E-state index contributed by atoms with van der Waals surface area (Å²) in [6.45, 7) is 9.88.